The van der Waals surface area contributed by atoms with Gasteiger partial charge in [-0.25, -0.2) is 4.39 Å². The van der Waals surface area contributed by atoms with Crippen molar-refractivity contribution >= 4 is 21.9 Å². The monoisotopic (exact) mass is 276 g/mol. The molecule has 5 heteroatoms. The second kappa shape index (κ2) is 5.23. The van der Waals surface area contributed by atoms with Gasteiger partial charge in [-0.15, -0.1) is 0 Å². The molecule has 0 heterocycles. The van der Waals surface area contributed by atoms with E-state index in [2.05, 4.69) is 20.7 Å². The summed E-state index contributed by atoms with van der Waals surface area (Å²) >= 11 is 3.16. The van der Waals surface area contributed by atoms with Crippen molar-refractivity contribution in [2.75, 3.05) is 7.11 Å². The quantitative estimate of drug-likeness (QED) is 0.861. The number of aliphatic hydroxyl groups excluding tert-OH is 1. The highest BCUT2D eigenvalue weighted by Crippen LogP contribution is 2.26. The lowest BCUT2D eigenvalue weighted by Gasteiger charge is -2.11. The van der Waals surface area contributed by atoms with Gasteiger partial charge in [-0.3, -0.25) is 4.79 Å². The first-order chi connectivity index (χ1) is 7.04. The Morgan fingerprint density at radius 1 is 1.67 bits per heavy atom. The van der Waals surface area contributed by atoms with Crippen molar-refractivity contribution in [3.8, 4) is 0 Å². The van der Waals surface area contributed by atoms with Crippen LogP contribution in [0, 0.1) is 5.82 Å². The smallest absolute Gasteiger partial charge is 0.308 e. The van der Waals surface area contributed by atoms with Crippen LogP contribution in [0.4, 0.5) is 4.39 Å². The maximum atomic E-state index is 12.9. The first kappa shape index (κ1) is 12.1. The van der Waals surface area contributed by atoms with Crippen molar-refractivity contribution in [1.29, 1.82) is 0 Å². The fourth-order valence-corrected chi connectivity index (χ4v) is 1.63. The molecule has 0 aromatic heterocycles. The van der Waals surface area contributed by atoms with E-state index in [1.807, 2.05) is 0 Å². The van der Waals surface area contributed by atoms with Gasteiger partial charge in [0.15, 0.2) is 0 Å². The van der Waals surface area contributed by atoms with Crippen molar-refractivity contribution in [2.24, 2.45) is 0 Å². The van der Waals surface area contributed by atoms with Gasteiger partial charge in [-0.2, -0.15) is 0 Å². The summed E-state index contributed by atoms with van der Waals surface area (Å²) in [4.78, 5) is 10.9. The number of ether oxygens (including phenoxy) is 1. The molecule has 0 amide bonds. The van der Waals surface area contributed by atoms with Crippen molar-refractivity contribution in [3.63, 3.8) is 0 Å². The minimum absolute atomic E-state index is 0.196. The molecule has 0 unspecified atom stereocenters. The molecule has 0 bridgehead atoms. The van der Waals surface area contributed by atoms with E-state index in [0.29, 0.717) is 10.0 Å². The minimum Gasteiger partial charge on any atom is -0.469 e. The summed E-state index contributed by atoms with van der Waals surface area (Å²) in [5.74, 6) is -1.00. The zero-order valence-corrected chi connectivity index (χ0v) is 9.62. The van der Waals surface area contributed by atoms with Gasteiger partial charge in [0.1, 0.15) is 5.82 Å². The molecular weight excluding hydrogens is 267 g/mol. The van der Waals surface area contributed by atoms with Gasteiger partial charge in [0.2, 0.25) is 0 Å². The number of carbonyl (C=O) groups excluding carboxylic acids is 1. The highest BCUT2D eigenvalue weighted by Gasteiger charge is 2.16. The highest BCUT2D eigenvalue weighted by molar-refractivity contribution is 9.10. The van der Waals surface area contributed by atoms with Crippen molar-refractivity contribution in [3.05, 3.63) is 34.1 Å². The molecule has 0 aliphatic rings. The van der Waals surface area contributed by atoms with Crippen molar-refractivity contribution in [2.45, 2.75) is 12.5 Å². The predicted octanol–water partition coefficient (Wildman–Crippen LogP) is 2.18. The van der Waals surface area contributed by atoms with E-state index < -0.39 is 17.9 Å². The number of carbonyl (C=O) groups is 1. The van der Waals surface area contributed by atoms with Crippen LogP contribution in [-0.4, -0.2) is 18.2 Å². The molecule has 0 aliphatic heterocycles. The third-order valence-corrected chi connectivity index (χ3v) is 2.63. The number of rotatable bonds is 3. The average molecular weight is 277 g/mol. The van der Waals surface area contributed by atoms with Gasteiger partial charge >= 0.3 is 5.97 Å². The van der Waals surface area contributed by atoms with Gasteiger partial charge in [0.05, 0.1) is 19.6 Å². The molecule has 1 atom stereocenters. The second-order valence-electron chi connectivity index (χ2n) is 2.96. The van der Waals surface area contributed by atoms with Crippen molar-refractivity contribution < 1.29 is 19.0 Å². The van der Waals surface area contributed by atoms with Crippen molar-refractivity contribution in [1.82, 2.24) is 0 Å². The number of esters is 1. The first-order valence-electron chi connectivity index (χ1n) is 4.24. The third-order valence-electron chi connectivity index (χ3n) is 1.90. The van der Waals surface area contributed by atoms with Crippen LogP contribution < -0.4 is 0 Å². The third kappa shape index (κ3) is 3.28. The van der Waals surface area contributed by atoms with Gasteiger partial charge in [-0.1, -0.05) is 15.9 Å². The number of benzene rings is 1. The normalized spacial score (nSPS) is 12.3. The van der Waals surface area contributed by atoms with E-state index in [1.54, 1.807) is 0 Å². The maximum absolute atomic E-state index is 12.9. The Bertz CT molecular complexity index is 368. The molecule has 1 aromatic rings. The van der Waals surface area contributed by atoms with E-state index in [-0.39, 0.29) is 6.42 Å². The number of methoxy groups -OCH3 is 1. The van der Waals surface area contributed by atoms with Crippen LogP contribution in [0.3, 0.4) is 0 Å². The van der Waals surface area contributed by atoms with Gasteiger partial charge in [0.25, 0.3) is 0 Å². The zero-order valence-electron chi connectivity index (χ0n) is 8.04. The van der Waals surface area contributed by atoms with E-state index in [1.165, 1.54) is 25.3 Å². The van der Waals surface area contributed by atoms with Crippen LogP contribution in [-0.2, 0) is 9.53 Å². The molecule has 0 saturated carbocycles. The van der Waals surface area contributed by atoms with Gasteiger partial charge in [-0.05, 0) is 23.8 Å². The van der Waals surface area contributed by atoms with Crippen LogP contribution in [0.5, 0.6) is 0 Å². The predicted molar refractivity (Wildman–Crippen MR) is 55.7 cm³/mol. The number of halogens is 2. The second-order valence-corrected chi connectivity index (χ2v) is 3.82. The number of aliphatic hydroxyl groups is 1. The molecule has 1 N–H and O–H groups in total. The minimum atomic E-state index is -1.07. The lowest BCUT2D eigenvalue weighted by atomic mass is 10.1. The first-order valence-corrected chi connectivity index (χ1v) is 5.03. The molecule has 1 rings (SSSR count). The lowest BCUT2D eigenvalue weighted by Crippen LogP contribution is -2.08. The summed E-state index contributed by atoms with van der Waals surface area (Å²) in [7, 11) is 1.23. The van der Waals surface area contributed by atoms with Crippen LogP contribution in [0.1, 0.15) is 18.1 Å². The Morgan fingerprint density at radius 2 is 2.33 bits per heavy atom. The topological polar surface area (TPSA) is 46.5 Å². The van der Waals surface area contributed by atoms with E-state index in [4.69, 9.17) is 0 Å². The van der Waals surface area contributed by atoms with Gasteiger partial charge in [0, 0.05) is 4.47 Å². The molecule has 15 heavy (non-hydrogen) atoms. The molecule has 1 aromatic carbocycles. The molecule has 0 aliphatic carbocycles. The molecule has 0 radical (unpaired) electrons. The number of hydrogen-bond acceptors (Lipinski definition) is 3. The van der Waals surface area contributed by atoms with Crippen LogP contribution >= 0.6 is 15.9 Å². The summed E-state index contributed by atoms with van der Waals surface area (Å²) in [6.45, 7) is 0. The summed E-state index contributed by atoms with van der Waals surface area (Å²) < 4.78 is 17.8. The standard InChI is InChI=1S/C10H10BrFO3/c1-15-10(14)5-9(13)7-4-6(12)2-3-8(7)11/h2-4,9,13H,5H2,1H3/t9-/m0/s1. The largest absolute Gasteiger partial charge is 0.469 e. The Morgan fingerprint density at radius 3 is 2.93 bits per heavy atom. The zero-order chi connectivity index (χ0) is 11.4. The fraction of sp³-hybridized carbons (Fsp3) is 0.300. The lowest BCUT2D eigenvalue weighted by molar-refractivity contribution is -0.142. The molecular formula is C10H10BrFO3. The Hall–Kier alpha value is -0.940. The summed E-state index contributed by atoms with van der Waals surface area (Å²) in [6.07, 6.45) is -1.26. The van der Waals surface area contributed by atoms with Crippen LogP contribution in [0.2, 0.25) is 0 Å². The van der Waals surface area contributed by atoms with Crippen LogP contribution in [0.25, 0.3) is 0 Å². The van der Waals surface area contributed by atoms with Crippen LogP contribution in [0.15, 0.2) is 22.7 Å². The van der Waals surface area contributed by atoms with E-state index in [9.17, 15) is 14.3 Å². The highest BCUT2D eigenvalue weighted by atomic mass is 79.9. The molecule has 3 nitrogen and oxygen atoms in total. The SMILES string of the molecule is COC(=O)C[C@H](O)c1cc(F)ccc1Br. The molecule has 0 spiro atoms. The fourth-order valence-electron chi connectivity index (χ4n) is 1.12. The summed E-state index contributed by atoms with van der Waals surface area (Å²) in [6, 6.07) is 3.92. The average Bonchev–Trinajstić information content (AvgIpc) is 2.21. The van der Waals surface area contributed by atoms with E-state index >= 15 is 0 Å². The summed E-state index contributed by atoms with van der Waals surface area (Å²) in [5, 5.41) is 9.63. The Kier molecular flexibility index (Phi) is 4.23. The Labute approximate surface area is 95.0 Å². The molecule has 82 valence electrons. The van der Waals surface area contributed by atoms with Gasteiger partial charge < -0.3 is 9.84 Å². The Balaban J connectivity index is 2.85. The number of hydrogen-bond donors (Lipinski definition) is 1. The molecule has 0 saturated heterocycles. The summed E-state index contributed by atoms with van der Waals surface area (Å²) in [5.41, 5.74) is 0.334. The maximum Gasteiger partial charge on any atom is 0.308 e. The van der Waals surface area contributed by atoms with E-state index in [0.717, 1.165) is 0 Å². The molecule has 0 fully saturated rings.